The van der Waals surface area contributed by atoms with Gasteiger partial charge in [0.05, 0.1) is 5.52 Å². The number of fused-ring (bicyclic) bond motifs is 1. The predicted molar refractivity (Wildman–Crippen MR) is 76.6 cm³/mol. The Labute approximate surface area is 113 Å². The number of nitrogens with two attached hydrogens (primary N) is 1. The Morgan fingerprint density at radius 2 is 2.21 bits per heavy atom. The van der Waals surface area contributed by atoms with Crippen molar-refractivity contribution in [1.29, 1.82) is 0 Å². The molecule has 4 heteroatoms. The molecule has 4 nitrogen and oxygen atoms in total. The van der Waals surface area contributed by atoms with Crippen LogP contribution < -0.4 is 11.1 Å². The van der Waals surface area contributed by atoms with Crippen LogP contribution in [0.5, 0.6) is 0 Å². The summed E-state index contributed by atoms with van der Waals surface area (Å²) in [5.74, 6) is -0.358. The highest BCUT2D eigenvalue weighted by Gasteiger charge is 2.19. The van der Waals surface area contributed by atoms with E-state index < -0.39 is 6.04 Å². The Balaban J connectivity index is 2.36. The van der Waals surface area contributed by atoms with Crippen LogP contribution in [0.25, 0.3) is 10.9 Å². The number of carbonyl (C=O) groups is 1. The molecule has 2 unspecified atom stereocenters. The number of aromatic nitrogens is 1. The molecule has 0 aliphatic rings. The fourth-order valence-corrected chi connectivity index (χ4v) is 2.02. The Hall–Kier alpha value is -1.94. The van der Waals surface area contributed by atoms with Crippen LogP contribution in [-0.2, 0) is 4.79 Å². The summed E-state index contributed by atoms with van der Waals surface area (Å²) in [4.78, 5) is 15.9. The molecule has 0 spiro atoms. The molecule has 1 heterocycles. The van der Waals surface area contributed by atoms with Crippen LogP contribution in [-0.4, -0.2) is 16.9 Å². The molecule has 0 saturated heterocycles. The standard InChI is InChI=1S/C15H19N3O/c1-3-10(2)18-14(15(16)19)12-6-7-13-11(9-12)5-4-8-17-13/h4-10,14,18H,3H2,1-2H3,(H2,16,19). The van der Waals surface area contributed by atoms with Gasteiger partial charge in [0.25, 0.3) is 0 Å². The minimum Gasteiger partial charge on any atom is -0.368 e. The van der Waals surface area contributed by atoms with E-state index in [9.17, 15) is 4.79 Å². The molecule has 0 aliphatic heterocycles. The van der Waals surface area contributed by atoms with Gasteiger partial charge in [0.15, 0.2) is 0 Å². The Morgan fingerprint density at radius 1 is 1.42 bits per heavy atom. The quantitative estimate of drug-likeness (QED) is 0.862. The van der Waals surface area contributed by atoms with Gasteiger partial charge in [0.1, 0.15) is 6.04 Å². The van der Waals surface area contributed by atoms with E-state index in [0.717, 1.165) is 22.9 Å². The zero-order valence-corrected chi connectivity index (χ0v) is 11.3. The highest BCUT2D eigenvalue weighted by atomic mass is 16.1. The summed E-state index contributed by atoms with van der Waals surface area (Å²) < 4.78 is 0. The van der Waals surface area contributed by atoms with Crippen LogP contribution in [0.4, 0.5) is 0 Å². The van der Waals surface area contributed by atoms with Crippen molar-refractivity contribution in [3.63, 3.8) is 0 Å². The van der Waals surface area contributed by atoms with Crippen LogP contribution in [0.3, 0.4) is 0 Å². The fraction of sp³-hybridized carbons (Fsp3) is 0.333. The first kappa shape index (κ1) is 13.5. The minimum atomic E-state index is -0.459. The largest absolute Gasteiger partial charge is 0.368 e. The molecule has 100 valence electrons. The Morgan fingerprint density at radius 3 is 2.89 bits per heavy atom. The van der Waals surface area contributed by atoms with Crippen LogP contribution in [0.1, 0.15) is 31.9 Å². The number of hydrogen-bond acceptors (Lipinski definition) is 3. The number of amides is 1. The summed E-state index contributed by atoms with van der Waals surface area (Å²) >= 11 is 0. The van der Waals surface area contributed by atoms with Gasteiger partial charge in [-0.05, 0) is 37.1 Å². The highest BCUT2D eigenvalue weighted by Crippen LogP contribution is 2.19. The second-order valence-corrected chi connectivity index (χ2v) is 4.77. The van der Waals surface area contributed by atoms with Crippen molar-refractivity contribution in [2.75, 3.05) is 0 Å². The van der Waals surface area contributed by atoms with E-state index in [1.54, 1.807) is 6.20 Å². The summed E-state index contributed by atoms with van der Waals surface area (Å²) in [7, 11) is 0. The van der Waals surface area contributed by atoms with Crippen molar-refractivity contribution >= 4 is 16.8 Å². The molecular weight excluding hydrogens is 238 g/mol. The molecule has 0 fully saturated rings. The molecule has 0 saturated carbocycles. The molecule has 2 aromatic rings. The van der Waals surface area contributed by atoms with E-state index in [-0.39, 0.29) is 11.9 Å². The van der Waals surface area contributed by atoms with Crippen molar-refractivity contribution in [3.05, 3.63) is 42.1 Å². The van der Waals surface area contributed by atoms with Crippen LogP contribution in [0.2, 0.25) is 0 Å². The average Bonchev–Trinajstić information content (AvgIpc) is 2.43. The summed E-state index contributed by atoms with van der Waals surface area (Å²) in [6, 6.07) is 9.42. The molecule has 1 aromatic heterocycles. The summed E-state index contributed by atoms with van der Waals surface area (Å²) in [6.07, 6.45) is 2.70. The van der Waals surface area contributed by atoms with E-state index >= 15 is 0 Å². The second kappa shape index (κ2) is 5.80. The molecule has 0 radical (unpaired) electrons. The minimum absolute atomic E-state index is 0.238. The van der Waals surface area contributed by atoms with Crippen molar-refractivity contribution in [1.82, 2.24) is 10.3 Å². The van der Waals surface area contributed by atoms with Crippen molar-refractivity contribution < 1.29 is 4.79 Å². The number of hydrogen-bond donors (Lipinski definition) is 2. The first-order valence-electron chi connectivity index (χ1n) is 6.52. The van der Waals surface area contributed by atoms with E-state index in [1.807, 2.05) is 37.3 Å². The number of carbonyl (C=O) groups excluding carboxylic acids is 1. The van der Waals surface area contributed by atoms with Gasteiger partial charge in [0, 0.05) is 17.6 Å². The smallest absolute Gasteiger partial charge is 0.239 e. The first-order valence-corrected chi connectivity index (χ1v) is 6.52. The van der Waals surface area contributed by atoms with Crippen molar-refractivity contribution in [2.24, 2.45) is 5.73 Å². The molecule has 0 aliphatic carbocycles. The van der Waals surface area contributed by atoms with Gasteiger partial charge in [0.2, 0.25) is 5.91 Å². The molecule has 1 amide bonds. The normalized spacial score (nSPS) is 14.2. The lowest BCUT2D eigenvalue weighted by atomic mass is 10.0. The lowest BCUT2D eigenvalue weighted by Crippen LogP contribution is -2.38. The molecular formula is C15H19N3O. The molecule has 2 rings (SSSR count). The summed E-state index contributed by atoms with van der Waals surface area (Å²) in [6.45, 7) is 4.11. The van der Waals surface area contributed by atoms with Gasteiger partial charge in [-0.2, -0.15) is 0 Å². The van der Waals surface area contributed by atoms with Crippen molar-refractivity contribution in [2.45, 2.75) is 32.4 Å². The number of pyridine rings is 1. The topological polar surface area (TPSA) is 68.0 Å². The zero-order valence-electron chi connectivity index (χ0n) is 11.3. The summed E-state index contributed by atoms with van der Waals surface area (Å²) in [5.41, 5.74) is 7.30. The third-order valence-corrected chi connectivity index (χ3v) is 3.31. The van der Waals surface area contributed by atoms with Gasteiger partial charge in [-0.15, -0.1) is 0 Å². The fourth-order valence-electron chi connectivity index (χ4n) is 2.02. The molecule has 3 N–H and O–H groups in total. The maximum Gasteiger partial charge on any atom is 0.239 e. The number of primary amides is 1. The second-order valence-electron chi connectivity index (χ2n) is 4.77. The maximum absolute atomic E-state index is 11.6. The maximum atomic E-state index is 11.6. The van der Waals surface area contributed by atoms with Gasteiger partial charge >= 0.3 is 0 Å². The number of rotatable bonds is 5. The SMILES string of the molecule is CCC(C)NC(C(N)=O)c1ccc2ncccc2c1. The van der Waals surface area contributed by atoms with Gasteiger partial charge in [-0.25, -0.2) is 0 Å². The monoisotopic (exact) mass is 257 g/mol. The molecule has 0 bridgehead atoms. The number of nitrogens with zero attached hydrogens (tertiary/aromatic N) is 1. The highest BCUT2D eigenvalue weighted by molar-refractivity contribution is 5.85. The zero-order chi connectivity index (χ0) is 13.8. The average molecular weight is 257 g/mol. The summed E-state index contributed by atoms with van der Waals surface area (Å²) in [5, 5.41) is 4.26. The van der Waals surface area contributed by atoms with Crippen LogP contribution in [0.15, 0.2) is 36.5 Å². The lowest BCUT2D eigenvalue weighted by molar-refractivity contribution is -0.120. The molecule has 1 aromatic carbocycles. The van der Waals surface area contributed by atoms with E-state index in [2.05, 4.69) is 17.2 Å². The predicted octanol–water partition coefficient (Wildman–Crippen LogP) is 2.15. The van der Waals surface area contributed by atoms with Crippen molar-refractivity contribution in [3.8, 4) is 0 Å². The Bertz CT molecular complexity index is 582. The first-order chi connectivity index (χ1) is 9.11. The van der Waals surface area contributed by atoms with Gasteiger partial charge < -0.3 is 5.73 Å². The van der Waals surface area contributed by atoms with Gasteiger partial charge in [-0.1, -0.05) is 19.1 Å². The van der Waals surface area contributed by atoms with E-state index in [0.29, 0.717) is 0 Å². The van der Waals surface area contributed by atoms with E-state index in [1.165, 1.54) is 0 Å². The third-order valence-electron chi connectivity index (χ3n) is 3.31. The number of nitrogens with one attached hydrogen (secondary N) is 1. The Kier molecular flexibility index (Phi) is 4.12. The van der Waals surface area contributed by atoms with Crippen LogP contribution in [0, 0.1) is 0 Å². The van der Waals surface area contributed by atoms with Gasteiger partial charge in [-0.3, -0.25) is 15.1 Å². The molecule has 2 atom stereocenters. The van der Waals surface area contributed by atoms with Crippen LogP contribution >= 0.6 is 0 Å². The number of benzene rings is 1. The third kappa shape index (κ3) is 3.09. The lowest BCUT2D eigenvalue weighted by Gasteiger charge is -2.20. The van der Waals surface area contributed by atoms with E-state index in [4.69, 9.17) is 5.73 Å². The molecule has 19 heavy (non-hydrogen) atoms.